The third-order valence-electron chi connectivity index (χ3n) is 2.96. The van der Waals surface area contributed by atoms with E-state index >= 15 is 0 Å². The summed E-state index contributed by atoms with van der Waals surface area (Å²) in [6.07, 6.45) is 0. The molecule has 118 valence electrons. The van der Waals surface area contributed by atoms with Gasteiger partial charge in [-0.1, -0.05) is 0 Å². The Balaban J connectivity index is 2.28. The number of rotatable bonds is 6. The van der Waals surface area contributed by atoms with Gasteiger partial charge in [0, 0.05) is 5.56 Å². The lowest BCUT2D eigenvalue weighted by Crippen LogP contribution is -2.35. The molecule has 0 radical (unpaired) electrons. The lowest BCUT2D eigenvalue weighted by molar-refractivity contribution is -0.158. The van der Waals surface area contributed by atoms with E-state index in [1.807, 2.05) is 0 Å². The van der Waals surface area contributed by atoms with Crippen LogP contribution in [0.1, 0.15) is 24.2 Å². The van der Waals surface area contributed by atoms with Crippen molar-refractivity contribution >= 4 is 17.7 Å². The Morgan fingerprint density at radius 3 is 2.23 bits per heavy atom. The topological polar surface area (TPSA) is 88.1 Å². The minimum Gasteiger partial charge on any atom is -0.465 e. The smallest absolute Gasteiger partial charge is 0.328 e. The molecule has 0 N–H and O–H groups in total. The van der Waals surface area contributed by atoms with E-state index in [-0.39, 0.29) is 25.6 Å². The van der Waals surface area contributed by atoms with Crippen molar-refractivity contribution in [2.24, 2.45) is 5.92 Å². The molecular formula is C15H16O7. The van der Waals surface area contributed by atoms with E-state index in [1.54, 1.807) is 19.9 Å². The Kier molecular flexibility index (Phi) is 4.98. The van der Waals surface area contributed by atoms with E-state index in [0.717, 1.165) is 0 Å². The number of carbonyl (C=O) groups excluding carboxylic acids is 3. The van der Waals surface area contributed by atoms with Crippen LogP contribution >= 0.6 is 0 Å². The van der Waals surface area contributed by atoms with Gasteiger partial charge < -0.3 is 18.9 Å². The number of hydrogen-bond donors (Lipinski definition) is 0. The number of Topliss-reactive ketones (excluding diaryl/α,β-unsaturated/α-hetero) is 1. The van der Waals surface area contributed by atoms with E-state index in [4.69, 9.17) is 18.9 Å². The SMILES string of the molecule is CCOC(=O)C(C(=O)OCC)C(=O)c1ccc2c(c1)OCO2. The molecular weight excluding hydrogens is 292 g/mol. The first-order valence-electron chi connectivity index (χ1n) is 6.85. The highest BCUT2D eigenvalue weighted by Crippen LogP contribution is 2.33. The number of fused-ring (bicyclic) bond motifs is 1. The molecule has 0 aromatic heterocycles. The van der Waals surface area contributed by atoms with Crippen LogP contribution in [0.25, 0.3) is 0 Å². The maximum atomic E-state index is 12.5. The van der Waals surface area contributed by atoms with Crippen molar-refractivity contribution in [2.75, 3.05) is 20.0 Å². The molecule has 0 fully saturated rings. The fourth-order valence-corrected chi connectivity index (χ4v) is 1.98. The van der Waals surface area contributed by atoms with Crippen molar-refractivity contribution in [2.45, 2.75) is 13.8 Å². The second-order valence-corrected chi connectivity index (χ2v) is 4.37. The first kappa shape index (κ1) is 15.8. The number of esters is 2. The molecule has 1 aromatic rings. The van der Waals surface area contributed by atoms with Crippen molar-refractivity contribution in [3.63, 3.8) is 0 Å². The van der Waals surface area contributed by atoms with Gasteiger partial charge >= 0.3 is 11.9 Å². The van der Waals surface area contributed by atoms with Crippen molar-refractivity contribution in [1.29, 1.82) is 0 Å². The number of carbonyl (C=O) groups is 3. The maximum Gasteiger partial charge on any atom is 0.328 e. The molecule has 0 spiro atoms. The summed E-state index contributed by atoms with van der Waals surface area (Å²) in [5.74, 6) is -3.31. The summed E-state index contributed by atoms with van der Waals surface area (Å²) in [5, 5.41) is 0. The Morgan fingerprint density at radius 2 is 1.64 bits per heavy atom. The van der Waals surface area contributed by atoms with Crippen LogP contribution in [0.4, 0.5) is 0 Å². The average Bonchev–Trinajstić information content (AvgIpc) is 2.95. The van der Waals surface area contributed by atoms with E-state index < -0.39 is 23.6 Å². The summed E-state index contributed by atoms with van der Waals surface area (Å²) in [4.78, 5) is 36.3. The quantitative estimate of drug-likeness (QED) is 0.445. The number of hydrogen-bond acceptors (Lipinski definition) is 7. The fourth-order valence-electron chi connectivity index (χ4n) is 1.98. The maximum absolute atomic E-state index is 12.5. The third-order valence-corrected chi connectivity index (χ3v) is 2.96. The number of ketones is 1. The van der Waals surface area contributed by atoms with Gasteiger partial charge in [0.2, 0.25) is 12.7 Å². The van der Waals surface area contributed by atoms with Crippen LogP contribution in [0.2, 0.25) is 0 Å². The zero-order chi connectivity index (χ0) is 16.1. The minimum absolute atomic E-state index is 0.0587. The van der Waals surface area contributed by atoms with Crippen LogP contribution in [0.3, 0.4) is 0 Å². The van der Waals surface area contributed by atoms with Crippen LogP contribution in [0.5, 0.6) is 11.5 Å². The predicted molar refractivity (Wildman–Crippen MR) is 73.7 cm³/mol. The molecule has 7 nitrogen and oxygen atoms in total. The Morgan fingerprint density at radius 1 is 1.05 bits per heavy atom. The molecule has 0 unspecified atom stereocenters. The van der Waals surface area contributed by atoms with Gasteiger partial charge in [0.05, 0.1) is 13.2 Å². The van der Waals surface area contributed by atoms with Gasteiger partial charge in [0.1, 0.15) is 0 Å². The molecule has 1 aromatic carbocycles. The van der Waals surface area contributed by atoms with E-state index in [0.29, 0.717) is 11.5 Å². The van der Waals surface area contributed by atoms with Crippen LogP contribution in [-0.2, 0) is 19.1 Å². The fraction of sp³-hybridized carbons (Fsp3) is 0.400. The van der Waals surface area contributed by atoms with Gasteiger partial charge in [0.25, 0.3) is 0 Å². The van der Waals surface area contributed by atoms with E-state index in [1.165, 1.54) is 12.1 Å². The molecule has 1 heterocycles. The van der Waals surface area contributed by atoms with Crippen LogP contribution < -0.4 is 9.47 Å². The molecule has 2 rings (SSSR count). The zero-order valence-electron chi connectivity index (χ0n) is 12.3. The molecule has 1 aliphatic rings. The lowest BCUT2D eigenvalue weighted by Gasteiger charge is -2.13. The molecule has 0 aliphatic carbocycles. The van der Waals surface area contributed by atoms with Crippen molar-refractivity contribution < 1.29 is 33.3 Å². The van der Waals surface area contributed by atoms with E-state index in [2.05, 4.69) is 0 Å². The molecule has 0 saturated heterocycles. The summed E-state index contributed by atoms with van der Waals surface area (Å²) in [7, 11) is 0. The normalized spacial score (nSPS) is 12.1. The molecule has 0 atom stereocenters. The van der Waals surface area contributed by atoms with Gasteiger partial charge in [-0.25, -0.2) is 0 Å². The molecule has 0 bridgehead atoms. The highest BCUT2D eigenvalue weighted by molar-refractivity contribution is 6.20. The van der Waals surface area contributed by atoms with Gasteiger partial charge in [-0.3, -0.25) is 14.4 Å². The second-order valence-electron chi connectivity index (χ2n) is 4.37. The summed E-state index contributed by atoms with van der Waals surface area (Å²) in [5.41, 5.74) is 0.148. The average molecular weight is 308 g/mol. The van der Waals surface area contributed by atoms with Gasteiger partial charge in [-0.2, -0.15) is 0 Å². The summed E-state index contributed by atoms with van der Waals surface area (Å²) < 4.78 is 19.9. The van der Waals surface area contributed by atoms with Gasteiger partial charge in [-0.15, -0.1) is 0 Å². The third kappa shape index (κ3) is 3.19. The summed E-state index contributed by atoms with van der Waals surface area (Å²) in [6, 6.07) is 4.43. The van der Waals surface area contributed by atoms with Crippen LogP contribution in [-0.4, -0.2) is 37.7 Å². The van der Waals surface area contributed by atoms with Gasteiger partial charge in [0.15, 0.2) is 17.3 Å². The summed E-state index contributed by atoms with van der Waals surface area (Å²) >= 11 is 0. The first-order chi connectivity index (χ1) is 10.6. The predicted octanol–water partition coefficient (Wildman–Crippen LogP) is 1.34. The Bertz CT molecular complexity index is 576. The first-order valence-corrected chi connectivity index (χ1v) is 6.85. The van der Waals surface area contributed by atoms with Crippen LogP contribution in [0, 0.1) is 5.92 Å². The minimum atomic E-state index is -1.64. The van der Waals surface area contributed by atoms with E-state index in [9.17, 15) is 14.4 Å². The Hall–Kier alpha value is -2.57. The van der Waals surface area contributed by atoms with Crippen molar-refractivity contribution in [3.8, 4) is 11.5 Å². The molecule has 0 saturated carbocycles. The van der Waals surface area contributed by atoms with Crippen LogP contribution in [0.15, 0.2) is 18.2 Å². The second kappa shape index (κ2) is 6.93. The number of benzene rings is 1. The van der Waals surface area contributed by atoms with Gasteiger partial charge in [-0.05, 0) is 32.0 Å². The summed E-state index contributed by atoms with van der Waals surface area (Å²) in [6.45, 7) is 3.36. The largest absolute Gasteiger partial charge is 0.465 e. The highest BCUT2D eigenvalue weighted by Gasteiger charge is 2.37. The molecule has 7 heteroatoms. The zero-order valence-corrected chi connectivity index (χ0v) is 12.3. The lowest BCUT2D eigenvalue weighted by atomic mass is 9.97. The molecule has 0 amide bonds. The van der Waals surface area contributed by atoms with Crippen molar-refractivity contribution in [3.05, 3.63) is 23.8 Å². The molecule has 1 aliphatic heterocycles. The van der Waals surface area contributed by atoms with Crippen molar-refractivity contribution in [1.82, 2.24) is 0 Å². The highest BCUT2D eigenvalue weighted by atomic mass is 16.7. The Labute approximate surface area is 127 Å². The monoisotopic (exact) mass is 308 g/mol. The molecule has 22 heavy (non-hydrogen) atoms. The number of ether oxygens (including phenoxy) is 4. The standard InChI is InChI=1S/C15H16O7/c1-3-19-14(17)12(15(18)20-4-2)13(16)9-5-6-10-11(7-9)22-8-21-10/h5-7,12H,3-4,8H2,1-2H3.